The SMILES string of the molecule is CCN(CC(C)C)C(C)C(=O)c1ccc(F)cc1F. The summed E-state index contributed by atoms with van der Waals surface area (Å²) in [6.45, 7) is 9.35. The molecule has 0 heterocycles. The monoisotopic (exact) mass is 269 g/mol. The summed E-state index contributed by atoms with van der Waals surface area (Å²) in [5, 5.41) is 0. The average molecular weight is 269 g/mol. The lowest BCUT2D eigenvalue weighted by Gasteiger charge is -2.28. The largest absolute Gasteiger partial charge is 0.294 e. The van der Waals surface area contributed by atoms with Crippen molar-refractivity contribution >= 4 is 5.78 Å². The van der Waals surface area contributed by atoms with Gasteiger partial charge >= 0.3 is 0 Å². The first-order valence-electron chi connectivity index (χ1n) is 6.60. The van der Waals surface area contributed by atoms with Crippen LogP contribution in [-0.2, 0) is 0 Å². The van der Waals surface area contributed by atoms with Crippen molar-refractivity contribution in [1.29, 1.82) is 0 Å². The number of ketones is 1. The van der Waals surface area contributed by atoms with Gasteiger partial charge in [-0.15, -0.1) is 0 Å². The molecule has 1 unspecified atom stereocenters. The third-order valence-electron chi connectivity index (χ3n) is 3.13. The van der Waals surface area contributed by atoms with Gasteiger partial charge in [-0.3, -0.25) is 9.69 Å². The Bertz CT molecular complexity index is 446. The molecule has 0 radical (unpaired) electrons. The molecule has 0 saturated carbocycles. The lowest BCUT2D eigenvalue weighted by Crippen LogP contribution is -2.41. The van der Waals surface area contributed by atoms with E-state index in [-0.39, 0.29) is 11.3 Å². The van der Waals surface area contributed by atoms with Crippen molar-refractivity contribution in [3.8, 4) is 0 Å². The quantitative estimate of drug-likeness (QED) is 0.736. The molecule has 0 aliphatic carbocycles. The maximum Gasteiger partial charge on any atom is 0.182 e. The van der Waals surface area contributed by atoms with Crippen LogP contribution in [0.25, 0.3) is 0 Å². The minimum atomic E-state index is -0.794. The Labute approximate surface area is 113 Å². The van der Waals surface area contributed by atoms with Gasteiger partial charge < -0.3 is 0 Å². The third-order valence-corrected chi connectivity index (χ3v) is 3.13. The van der Waals surface area contributed by atoms with Crippen LogP contribution in [0.3, 0.4) is 0 Å². The predicted octanol–water partition coefficient (Wildman–Crippen LogP) is 3.51. The minimum Gasteiger partial charge on any atom is -0.294 e. The summed E-state index contributed by atoms with van der Waals surface area (Å²) >= 11 is 0. The number of benzene rings is 1. The maximum absolute atomic E-state index is 13.6. The second-order valence-electron chi connectivity index (χ2n) is 5.15. The molecule has 1 aromatic rings. The van der Waals surface area contributed by atoms with E-state index in [1.165, 1.54) is 6.07 Å². The van der Waals surface area contributed by atoms with E-state index in [1.54, 1.807) is 6.92 Å². The molecule has 106 valence electrons. The smallest absolute Gasteiger partial charge is 0.182 e. The number of carbonyl (C=O) groups excluding carboxylic acids is 1. The van der Waals surface area contributed by atoms with Gasteiger partial charge in [0.1, 0.15) is 11.6 Å². The summed E-state index contributed by atoms with van der Waals surface area (Å²) in [4.78, 5) is 14.3. The Hall–Kier alpha value is -1.29. The lowest BCUT2D eigenvalue weighted by atomic mass is 10.0. The number of carbonyl (C=O) groups is 1. The Morgan fingerprint density at radius 2 is 1.89 bits per heavy atom. The zero-order chi connectivity index (χ0) is 14.6. The molecule has 2 nitrogen and oxygen atoms in total. The molecule has 0 aromatic heterocycles. The van der Waals surface area contributed by atoms with Gasteiger partial charge in [-0.05, 0) is 31.5 Å². The van der Waals surface area contributed by atoms with E-state index in [2.05, 4.69) is 13.8 Å². The molecule has 1 rings (SSSR count). The van der Waals surface area contributed by atoms with E-state index < -0.39 is 17.7 Å². The number of hydrogen-bond acceptors (Lipinski definition) is 2. The van der Waals surface area contributed by atoms with Crippen molar-refractivity contribution in [1.82, 2.24) is 4.90 Å². The molecular formula is C15H21F2NO. The number of likely N-dealkylation sites (N-methyl/N-ethyl adjacent to an activating group) is 1. The van der Waals surface area contributed by atoms with E-state index >= 15 is 0 Å². The van der Waals surface area contributed by atoms with Crippen LogP contribution < -0.4 is 0 Å². The standard InChI is InChI=1S/C15H21F2NO/c1-5-18(9-10(2)3)11(4)15(19)13-7-6-12(16)8-14(13)17/h6-8,10-11H,5,9H2,1-4H3. The van der Waals surface area contributed by atoms with Gasteiger partial charge in [-0.25, -0.2) is 8.78 Å². The van der Waals surface area contributed by atoms with Crippen LogP contribution in [0.15, 0.2) is 18.2 Å². The molecule has 0 aliphatic rings. The summed E-state index contributed by atoms with van der Waals surface area (Å²) in [6.07, 6.45) is 0. The number of halogens is 2. The van der Waals surface area contributed by atoms with Crippen molar-refractivity contribution in [3.63, 3.8) is 0 Å². The van der Waals surface area contributed by atoms with Crippen LogP contribution in [0.1, 0.15) is 38.1 Å². The van der Waals surface area contributed by atoms with Crippen LogP contribution in [-0.4, -0.2) is 29.8 Å². The van der Waals surface area contributed by atoms with Gasteiger partial charge in [0.2, 0.25) is 0 Å². The molecule has 0 aliphatic heterocycles. The molecular weight excluding hydrogens is 248 g/mol. The van der Waals surface area contributed by atoms with Crippen LogP contribution >= 0.6 is 0 Å². The lowest BCUT2D eigenvalue weighted by molar-refractivity contribution is 0.0825. The second kappa shape index (κ2) is 6.75. The summed E-state index contributed by atoms with van der Waals surface area (Å²) in [7, 11) is 0. The summed E-state index contributed by atoms with van der Waals surface area (Å²) in [5.41, 5.74) is -0.0453. The van der Waals surface area contributed by atoms with Crippen LogP contribution in [0.5, 0.6) is 0 Å². The van der Waals surface area contributed by atoms with E-state index in [0.717, 1.165) is 18.7 Å². The van der Waals surface area contributed by atoms with Crippen molar-refractivity contribution in [2.24, 2.45) is 5.92 Å². The van der Waals surface area contributed by atoms with Crippen LogP contribution in [0, 0.1) is 17.6 Å². The fourth-order valence-corrected chi connectivity index (χ4v) is 2.11. The summed E-state index contributed by atoms with van der Waals surface area (Å²) in [5.74, 6) is -1.35. The Kier molecular flexibility index (Phi) is 5.60. The van der Waals surface area contributed by atoms with Crippen LogP contribution in [0.4, 0.5) is 8.78 Å². The van der Waals surface area contributed by atoms with Crippen molar-refractivity contribution in [2.45, 2.75) is 33.7 Å². The van der Waals surface area contributed by atoms with E-state index in [4.69, 9.17) is 0 Å². The molecule has 0 N–H and O–H groups in total. The fourth-order valence-electron chi connectivity index (χ4n) is 2.11. The normalized spacial score (nSPS) is 13.1. The molecule has 4 heteroatoms. The number of rotatable bonds is 6. The van der Waals surface area contributed by atoms with Gasteiger partial charge in [0.25, 0.3) is 0 Å². The molecule has 0 fully saturated rings. The van der Waals surface area contributed by atoms with Gasteiger partial charge in [-0.2, -0.15) is 0 Å². The first kappa shape index (κ1) is 15.8. The van der Waals surface area contributed by atoms with Gasteiger partial charge in [-0.1, -0.05) is 20.8 Å². The van der Waals surface area contributed by atoms with E-state index in [9.17, 15) is 13.6 Å². The Balaban J connectivity index is 2.91. The molecule has 1 aromatic carbocycles. The minimum absolute atomic E-state index is 0.0453. The number of nitrogens with zero attached hydrogens (tertiary/aromatic N) is 1. The van der Waals surface area contributed by atoms with Crippen molar-refractivity contribution in [3.05, 3.63) is 35.4 Å². The molecule has 0 saturated heterocycles. The van der Waals surface area contributed by atoms with Crippen molar-refractivity contribution < 1.29 is 13.6 Å². The average Bonchev–Trinajstić information content (AvgIpc) is 2.34. The molecule has 0 bridgehead atoms. The topological polar surface area (TPSA) is 20.3 Å². The number of Topliss-reactive ketones (excluding diaryl/α,β-unsaturated/α-hetero) is 1. The highest BCUT2D eigenvalue weighted by Crippen LogP contribution is 2.15. The summed E-state index contributed by atoms with van der Waals surface area (Å²) in [6, 6.07) is 2.67. The van der Waals surface area contributed by atoms with Gasteiger partial charge in [0.05, 0.1) is 11.6 Å². The fraction of sp³-hybridized carbons (Fsp3) is 0.533. The highest BCUT2D eigenvalue weighted by molar-refractivity contribution is 6.00. The zero-order valence-electron chi connectivity index (χ0n) is 11.9. The molecule has 0 spiro atoms. The first-order valence-corrected chi connectivity index (χ1v) is 6.60. The van der Waals surface area contributed by atoms with Crippen LogP contribution in [0.2, 0.25) is 0 Å². The summed E-state index contributed by atoms with van der Waals surface area (Å²) < 4.78 is 26.5. The Morgan fingerprint density at radius 3 is 2.37 bits per heavy atom. The van der Waals surface area contributed by atoms with Crippen molar-refractivity contribution in [2.75, 3.05) is 13.1 Å². The number of hydrogen-bond donors (Lipinski definition) is 0. The highest BCUT2D eigenvalue weighted by Gasteiger charge is 2.24. The maximum atomic E-state index is 13.6. The zero-order valence-corrected chi connectivity index (χ0v) is 11.9. The van der Waals surface area contributed by atoms with Gasteiger partial charge in [0, 0.05) is 12.6 Å². The Morgan fingerprint density at radius 1 is 1.26 bits per heavy atom. The third kappa shape index (κ3) is 4.10. The second-order valence-corrected chi connectivity index (χ2v) is 5.15. The van der Waals surface area contributed by atoms with Gasteiger partial charge in [0.15, 0.2) is 5.78 Å². The predicted molar refractivity (Wildman–Crippen MR) is 72.2 cm³/mol. The molecule has 19 heavy (non-hydrogen) atoms. The molecule has 1 atom stereocenters. The first-order chi connectivity index (χ1) is 8.86. The van der Waals surface area contributed by atoms with E-state index in [1.807, 2.05) is 11.8 Å². The highest BCUT2D eigenvalue weighted by atomic mass is 19.1. The van der Waals surface area contributed by atoms with E-state index in [0.29, 0.717) is 12.5 Å². The molecule has 0 amide bonds.